The van der Waals surface area contributed by atoms with Crippen molar-refractivity contribution in [3.05, 3.63) is 102 Å². The molecule has 0 radical (unpaired) electrons. The third-order valence-electron chi connectivity index (χ3n) is 5.96. The van der Waals surface area contributed by atoms with E-state index in [2.05, 4.69) is 15.6 Å². The summed E-state index contributed by atoms with van der Waals surface area (Å²) in [4.78, 5) is 18.7. The lowest BCUT2D eigenvalue weighted by atomic mass is 10.1. The fourth-order valence-corrected chi connectivity index (χ4v) is 4.15. The van der Waals surface area contributed by atoms with E-state index in [9.17, 15) is 4.79 Å². The molecule has 0 fully saturated rings. The second kappa shape index (κ2) is 8.55. The van der Waals surface area contributed by atoms with Crippen molar-refractivity contribution in [3.8, 4) is 11.5 Å². The van der Waals surface area contributed by atoms with Gasteiger partial charge in [-0.1, -0.05) is 12.1 Å². The van der Waals surface area contributed by atoms with Gasteiger partial charge >= 0.3 is 0 Å². The average Bonchev–Trinajstić information content (AvgIpc) is 3.34. The fraction of sp³-hybridized carbons (Fsp3) is 0.0370. The van der Waals surface area contributed by atoms with Gasteiger partial charge in [0.25, 0.3) is 5.91 Å². The number of pyridine rings is 1. The number of para-hydroxylation sites is 1. The second-order valence-corrected chi connectivity index (χ2v) is 8.17. The zero-order valence-electron chi connectivity index (χ0n) is 18.9. The van der Waals surface area contributed by atoms with Gasteiger partial charge in [0.1, 0.15) is 11.7 Å². The maximum absolute atomic E-state index is 12.7. The molecule has 6 rings (SSSR count). The number of amides is 1. The number of carbonyl (C=O) groups excluding carboxylic acids is 1. The lowest BCUT2D eigenvalue weighted by molar-refractivity contribution is 0.102. The van der Waals surface area contributed by atoms with Gasteiger partial charge in [0, 0.05) is 28.6 Å². The fourth-order valence-electron chi connectivity index (χ4n) is 4.15. The highest BCUT2D eigenvalue weighted by Gasteiger charge is 2.28. The van der Waals surface area contributed by atoms with Crippen molar-refractivity contribution < 1.29 is 14.3 Å². The van der Waals surface area contributed by atoms with E-state index in [1.165, 1.54) is 0 Å². The number of carbonyl (C=O) groups is 1. The number of hydrogen-bond donors (Lipinski definition) is 4. The van der Waals surface area contributed by atoms with E-state index in [0.717, 1.165) is 5.69 Å². The Morgan fingerprint density at radius 2 is 1.72 bits per heavy atom. The minimum Gasteiger partial charge on any atom is -0.454 e. The van der Waals surface area contributed by atoms with Crippen molar-refractivity contribution in [2.45, 2.75) is 0 Å². The molecular weight excluding hydrogens is 456 g/mol. The third kappa shape index (κ3) is 3.68. The molecule has 0 saturated carbocycles. The highest BCUT2D eigenvalue weighted by molar-refractivity contribution is 6.30. The van der Waals surface area contributed by atoms with Crippen LogP contribution in [-0.2, 0) is 0 Å². The van der Waals surface area contributed by atoms with Crippen LogP contribution >= 0.6 is 0 Å². The highest BCUT2D eigenvalue weighted by Crippen LogP contribution is 2.35. The number of aromatic nitrogens is 1. The molecule has 0 unspecified atom stereocenters. The molecule has 0 aliphatic carbocycles. The Morgan fingerprint density at radius 3 is 2.58 bits per heavy atom. The lowest BCUT2D eigenvalue weighted by Crippen LogP contribution is -2.36. The zero-order valence-corrected chi connectivity index (χ0v) is 18.9. The van der Waals surface area contributed by atoms with Crippen LogP contribution in [0.3, 0.4) is 0 Å². The van der Waals surface area contributed by atoms with Crippen LogP contribution in [0.1, 0.15) is 21.5 Å². The topological polar surface area (TPSA) is 123 Å². The highest BCUT2D eigenvalue weighted by atomic mass is 16.7. The first-order valence-electron chi connectivity index (χ1n) is 11.2. The van der Waals surface area contributed by atoms with Gasteiger partial charge in [0.05, 0.1) is 11.4 Å². The maximum Gasteiger partial charge on any atom is 0.255 e. The van der Waals surface area contributed by atoms with Crippen LogP contribution in [0.5, 0.6) is 11.5 Å². The monoisotopic (exact) mass is 476 g/mol. The molecule has 4 aromatic rings. The van der Waals surface area contributed by atoms with Crippen molar-refractivity contribution in [3.63, 3.8) is 0 Å². The maximum atomic E-state index is 12.7. The molecule has 2 aliphatic heterocycles. The SMILES string of the molecule is N=C(c1ccc(NC(=O)c2ccc3c(c2)OCO3)cc1)N1C(=N)c2ccccc2Nc2ncccc21. The van der Waals surface area contributed by atoms with Crippen LogP contribution < -0.4 is 25.0 Å². The Bertz CT molecular complexity index is 1530. The van der Waals surface area contributed by atoms with E-state index in [1.807, 2.05) is 30.3 Å². The minimum absolute atomic E-state index is 0.112. The molecule has 3 heterocycles. The molecule has 3 aromatic carbocycles. The molecule has 9 nitrogen and oxygen atoms in total. The van der Waals surface area contributed by atoms with Crippen molar-refractivity contribution in [1.82, 2.24) is 4.98 Å². The van der Waals surface area contributed by atoms with Crippen molar-refractivity contribution in [1.29, 1.82) is 10.8 Å². The molecular formula is C27H20N6O3. The summed E-state index contributed by atoms with van der Waals surface area (Å²) in [6.07, 6.45) is 1.67. The number of benzene rings is 3. The normalized spacial score (nSPS) is 13.2. The van der Waals surface area contributed by atoms with Crippen LogP contribution in [0.2, 0.25) is 0 Å². The molecule has 0 atom stereocenters. The number of anilines is 4. The minimum atomic E-state index is -0.284. The predicted molar refractivity (Wildman–Crippen MR) is 137 cm³/mol. The van der Waals surface area contributed by atoms with Crippen molar-refractivity contribution >= 4 is 40.5 Å². The molecule has 4 N–H and O–H groups in total. The summed E-state index contributed by atoms with van der Waals surface area (Å²) >= 11 is 0. The number of nitrogens with zero attached hydrogens (tertiary/aromatic N) is 2. The molecule has 9 heteroatoms. The molecule has 0 bridgehead atoms. The summed E-state index contributed by atoms with van der Waals surface area (Å²) in [6, 6.07) is 23.0. The van der Waals surface area contributed by atoms with Crippen LogP contribution in [0.4, 0.5) is 22.9 Å². The molecule has 0 spiro atoms. The molecule has 1 aromatic heterocycles. The van der Waals surface area contributed by atoms with Crippen LogP contribution in [0.15, 0.2) is 85.1 Å². The first-order chi connectivity index (χ1) is 17.6. The quantitative estimate of drug-likeness (QED) is 0.244. The summed E-state index contributed by atoms with van der Waals surface area (Å²) in [5.74, 6) is 1.70. The van der Waals surface area contributed by atoms with Gasteiger partial charge in [-0.15, -0.1) is 0 Å². The number of nitrogens with one attached hydrogen (secondary N) is 4. The Kier molecular flexibility index (Phi) is 5.07. The van der Waals surface area contributed by atoms with Gasteiger partial charge in [-0.2, -0.15) is 0 Å². The third-order valence-corrected chi connectivity index (χ3v) is 5.96. The molecule has 2 aliphatic rings. The van der Waals surface area contributed by atoms with Crippen LogP contribution in [0.25, 0.3) is 0 Å². The Hall–Kier alpha value is -5.18. The van der Waals surface area contributed by atoms with Gasteiger partial charge in [-0.3, -0.25) is 20.5 Å². The Labute approximate surface area is 206 Å². The molecule has 176 valence electrons. The van der Waals surface area contributed by atoms with E-state index in [0.29, 0.717) is 45.4 Å². The van der Waals surface area contributed by atoms with E-state index < -0.39 is 0 Å². The van der Waals surface area contributed by atoms with Crippen LogP contribution in [0, 0.1) is 10.8 Å². The smallest absolute Gasteiger partial charge is 0.255 e. The summed E-state index contributed by atoms with van der Waals surface area (Å²) in [6.45, 7) is 0.143. The standard InChI is InChI=1S/C27H20N6O3/c28-24(33-21-6-3-13-30-26(21)32-20-5-2-1-4-19(20)25(33)29)16-7-10-18(11-8-16)31-27(34)17-9-12-22-23(14-17)36-15-35-22/h1-14,28-29H,15H2,(H,30,32)(H,31,34). The number of ether oxygens (including phenoxy) is 2. The van der Waals surface area contributed by atoms with Gasteiger partial charge < -0.3 is 20.1 Å². The Morgan fingerprint density at radius 1 is 0.944 bits per heavy atom. The molecule has 36 heavy (non-hydrogen) atoms. The van der Waals surface area contributed by atoms with E-state index in [1.54, 1.807) is 59.6 Å². The largest absolute Gasteiger partial charge is 0.454 e. The first kappa shape index (κ1) is 21.4. The zero-order chi connectivity index (χ0) is 24.6. The summed E-state index contributed by atoms with van der Waals surface area (Å²) in [7, 11) is 0. The second-order valence-electron chi connectivity index (χ2n) is 8.17. The number of hydrogen-bond acceptors (Lipinski definition) is 7. The predicted octanol–water partition coefficient (Wildman–Crippen LogP) is 4.98. The molecule has 1 amide bonds. The first-order valence-corrected chi connectivity index (χ1v) is 11.2. The van der Waals surface area contributed by atoms with Crippen molar-refractivity contribution in [2.24, 2.45) is 0 Å². The van der Waals surface area contributed by atoms with E-state index >= 15 is 0 Å². The van der Waals surface area contributed by atoms with Crippen molar-refractivity contribution in [2.75, 3.05) is 22.3 Å². The lowest BCUT2D eigenvalue weighted by Gasteiger charge is -2.25. The van der Waals surface area contributed by atoms with E-state index in [4.69, 9.17) is 20.3 Å². The average molecular weight is 476 g/mol. The van der Waals surface area contributed by atoms with Gasteiger partial charge in [0.2, 0.25) is 6.79 Å². The number of fused-ring (bicyclic) bond motifs is 3. The van der Waals surface area contributed by atoms with E-state index in [-0.39, 0.29) is 24.4 Å². The van der Waals surface area contributed by atoms with Gasteiger partial charge in [0.15, 0.2) is 17.3 Å². The summed E-state index contributed by atoms with van der Waals surface area (Å²) in [5, 5.41) is 24.0. The Balaban J connectivity index is 1.26. The number of rotatable bonds is 3. The summed E-state index contributed by atoms with van der Waals surface area (Å²) in [5.41, 5.74) is 3.62. The molecule has 0 saturated heterocycles. The summed E-state index contributed by atoms with van der Waals surface area (Å²) < 4.78 is 10.6. The number of amidine groups is 2. The van der Waals surface area contributed by atoms with Gasteiger partial charge in [-0.05, 0) is 66.7 Å². The van der Waals surface area contributed by atoms with Gasteiger partial charge in [-0.25, -0.2) is 4.98 Å². The van der Waals surface area contributed by atoms with Crippen LogP contribution in [-0.4, -0.2) is 29.4 Å².